The van der Waals surface area contributed by atoms with Gasteiger partial charge in [0.1, 0.15) is 5.52 Å². The number of likely N-dealkylation sites (tertiary alicyclic amines) is 1. The summed E-state index contributed by atoms with van der Waals surface area (Å²) in [5.41, 5.74) is 2.08. The maximum atomic E-state index is 13.1. The quantitative estimate of drug-likeness (QED) is 0.644. The molecule has 146 valence electrons. The molecular weight excluding hydrogens is 380 g/mol. The van der Waals surface area contributed by atoms with Gasteiger partial charge in [-0.3, -0.25) is 4.79 Å². The van der Waals surface area contributed by atoms with Crippen molar-refractivity contribution in [2.24, 2.45) is 0 Å². The van der Waals surface area contributed by atoms with Gasteiger partial charge in [0.2, 0.25) is 0 Å². The lowest BCUT2D eigenvalue weighted by molar-refractivity contribution is 0.0698. The van der Waals surface area contributed by atoms with Crippen molar-refractivity contribution in [3.05, 3.63) is 52.9 Å². The van der Waals surface area contributed by atoms with Crippen molar-refractivity contribution in [3.8, 4) is 11.5 Å². The zero-order valence-corrected chi connectivity index (χ0v) is 16.5. The Hall–Kier alpha value is -2.73. The summed E-state index contributed by atoms with van der Waals surface area (Å²) in [7, 11) is 3.04. The minimum atomic E-state index is -0.0938. The van der Waals surface area contributed by atoms with Crippen molar-refractivity contribution >= 4 is 28.6 Å². The number of carbonyl (C=O) groups is 1. The molecule has 0 radical (unpaired) electrons. The summed E-state index contributed by atoms with van der Waals surface area (Å²) < 4.78 is 16.5. The second kappa shape index (κ2) is 7.72. The van der Waals surface area contributed by atoms with E-state index in [0.29, 0.717) is 41.1 Å². The van der Waals surface area contributed by atoms with Crippen LogP contribution >= 0.6 is 11.6 Å². The van der Waals surface area contributed by atoms with Gasteiger partial charge in [-0.25, -0.2) is 4.98 Å². The fourth-order valence-corrected chi connectivity index (χ4v) is 3.94. The van der Waals surface area contributed by atoms with Crippen LogP contribution in [0.2, 0.25) is 5.02 Å². The van der Waals surface area contributed by atoms with Crippen molar-refractivity contribution in [2.45, 2.75) is 18.8 Å². The van der Waals surface area contributed by atoms with Gasteiger partial charge in [-0.15, -0.1) is 0 Å². The third kappa shape index (κ3) is 3.40. The van der Waals surface area contributed by atoms with Crippen molar-refractivity contribution in [2.75, 3.05) is 27.3 Å². The number of amides is 1. The third-order valence-corrected chi connectivity index (χ3v) is 5.33. The summed E-state index contributed by atoms with van der Waals surface area (Å²) in [6.45, 7) is 1.24. The molecule has 2 heterocycles. The number of oxazole rings is 1. The van der Waals surface area contributed by atoms with Gasteiger partial charge in [0.05, 0.1) is 25.2 Å². The Kier molecular flexibility index (Phi) is 5.13. The van der Waals surface area contributed by atoms with Crippen LogP contribution in [0.3, 0.4) is 0 Å². The lowest BCUT2D eigenvalue weighted by Gasteiger charge is -2.31. The van der Waals surface area contributed by atoms with E-state index < -0.39 is 0 Å². The molecule has 1 aliphatic rings. The molecule has 1 aromatic heterocycles. The normalized spacial score (nSPS) is 17.0. The van der Waals surface area contributed by atoms with Gasteiger partial charge < -0.3 is 18.8 Å². The number of rotatable bonds is 4. The van der Waals surface area contributed by atoms with E-state index >= 15 is 0 Å². The molecule has 3 aromatic rings. The highest BCUT2D eigenvalue weighted by molar-refractivity contribution is 6.32. The van der Waals surface area contributed by atoms with E-state index in [-0.39, 0.29) is 11.8 Å². The van der Waals surface area contributed by atoms with Crippen LogP contribution < -0.4 is 9.47 Å². The Bertz CT molecular complexity index is 984. The maximum absolute atomic E-state index is 13.1. The molecule has 1 amide bonds. The minimum Gasteiger partial charge on any atom is -0.493 e. The molecule has 0 spiro atoms. The van der Waals surface area contributed by atoms with Crippen molar-refractivity contribution < 1.29 is 18.7 Å². The van der Waals surface area contributed by atoms with Crippen LogP contribution in [0.5, 0.6) is 11.5 Å². The first-order valence-corrected chi connectivity index (χ1v) is 9.54. The first kappa shape index (κ1) is 18.6. The average Bonchev–Trinajstić information content (AvgIpc) is 3.17. The molecule has 6 nitrogen and oxygen atoms in total. The number of benzene rings is 2. The molecule has 0 saturated carbocycles. The maximum Gasteiger partial charge on any atom is 0.254 e. The molecule has 0 N–H and O–H groups in total. The number of halogens is 1. The molecular formula is C21H21ClN2O4. The number of hydrogen-bond donors (Lipinski definition) is 0. The fraction of sp³-hybridized carbons (Fsp3) is 0.333. The Morgan fingerprint density at radius 2 is 2.07 bits per heavy atom. The smallest absolute Gasteiger partial charge is 0.254 e. The Balaban J connectivity index is 1.57. The van der Waals surface area contributed by atoms with Crippen LogP contribution in [0.25, 0.3) is 11.1 Å². The second-order valence-electron chi connectivity index (χ2n) is 6.80. The minimum absolute atomic E-state index is 0.0701. The van der Waals surface area contributed by atoms with Crippen molar-refractivity contribution in [1.29, 1.82) is 0 Å². The summed E-state index contributed by atoms with van der Waals surface area (Å²) in [5, 5.41) is 0.345. The summed E-state index contributed by atoms with van der Waals surface area (Å²) >= 11 is 6.27. The average molecular weight is 401 g/mol. The second-order valence-corrected chi connectivity index (χ2v) is 7.21. The topological polar surface area (TPSA) is 64.8 Å². The SMILES string of the molecule is COc1cc(C(=O)N2CCCC(c3nc4ccccc4o3)C2)cc(Cl)c1OC. The van der Waals surface area contributed by atoms with E-state index in [1.165, 1.54) is 14.2 Å². The Labute approximate surface area is 168 Å². The van der Waals surface area contributed by atoms with Gasteiger partial charge in [0.25, 0.3) is 5.91 Å². The third-order valence-electron chi connectivity index (χ3n) is 5.05. The zero-order valence-electron chi connectivity index (χ0n) is 15.8. The van der Waals surface area contributed by atoms with Crippen molar-refractivity contribution in [3.63, 3.8) is 0 Å². The molecule has 4 rings (SSSR count). The number of para-hydroxylation sites is 2. The first-order valence-electron chi connectivity index (χ1n) is 9.17. The number of ether oxygens (including phenoxy) is 2. The molecule has 1 unspecified atom stereocenters. The number of carbonyl (C=O) groups excluding carboxylic acids is 1. The Morgan fingerprint density at radius 3 is 2.82 bits per heavy atom. The number of nitrogens with zero attached hydrogens (tertiary/aromatic N) is 2. The lowest BCUT2D eigenvalue weighted by atomic mass is 9.97. The molecule has 7 heteroatoms. The lowest BCUT2D eigenvalue weighted by Crippen LogP contribution is -2.39. The van der Waals surface area contributed by atoms with Crippen LogP contribution in [0.1, 0.15) is 35.0 Å². The van der Waals surface area contributed by atoms with Crippen LogP contribution in [-0.2, 0) is 0 Å². The Morgan fingerprint density at radius 1 is 1.25 bits per heavy atom. The highest BCUT2D eigenvalue weighted by Crippen LogP contribution is 2.37. The van der Waals surface area contributed by atoms with Gasteiger partial charge in [-0.1, -0.05) is 23.7 Å². The van der Waals surface area contributed by atoms with Crippen LogP contribution in [0, 0.1) is 0 Å². The number of fused-ring (bicyclic) bond motifs is 1. The molecule has 1 atom stereocenters. The zero-order chi connectivity index (χ0) is 19.7. The summed E-state index contributed by atoms with van der Waals surface area (Å²) in [6.07, 6.45) is 1.82. The van der Waals surface area contributed by atoms with E-state index in [2.05, 4.69) is 4.98 Å². The molecule has 0 bridgehead atoms. The highest BCUT2D eigenvalue weighted by atomic mass is 35.5. The molecule has 0 aliphatic carbocycles. The van der Waals surface area contributed by atoms with Crippen LogP contribution in [0.4, 0.5) is 0 Å². The van der Waals surface area contributed by atoms with E-state index in [1.54, 1.807) is 12.1 Å². The highest BCUT2D eigenvalue weighted by Gasteiger charge is 2.29. The number of methoxy groups -OCH3 is 2. The van der Waals surface area contributed by atoms with Gasteiger partial charge in [0.15, 0.2) is 23.0 Å². The van der Waals surface area contributed by atoms with E-state index in [9.17, 15) is 4.79 Å². The van der Waals surface area contributed by atoms with Gasteiger partial charge in [-0.2, -0.15) is 0 Å². The van der Waals surface area contributed by atoms with Crippen LogP contribution in [-0.4, -0.2) is 43.1 Å². The number of aromatic nitrogens is 1. The van der Waals surface area contributed by atoms with Gasteiger partial charge >= 0.3 is 0 Å². The van der Waals surface area contributed by atoms with E-state index in [1.807, 2.05) is 29.2 Å². The van der Waals surface area contributed by atoms with E-state index in [0.717, 1.165) is 23.9 Å². The molecule has 1 fully saturated rings. The van der Waals surface area contributed by atoms with Gasteiger partial charge in [0, 0.05) is 18.7 Å². The van der Waals surface area contributed by atoms with Gasteiger partial charge in [-0.05, 0) is 37.1 Å². The number of hydrogen-bond acceptors (Lipinski definition) is 5. The number of piperidine rings is 1. The predicted molar refractivity (Wildman–Crippen MR) is 106 cm³/mol. The molecule has 1 saturated heterocycles. The fourth-order valence-electron chi connectivity index (χ4n) is 3.65. The first-order chi connectivity index (χ1) is 13.6. The molecule has 2 aromatic carbocycles. The molecule has 28 heavy (non-hydrogen) atoms. The molecule has 1 aliphatic heterocycles. The standard InChI is InChI=1S/C21H21ClN2O4/c1-26-18-11-14(10-15(22)19(18)27-2)21(25)24-9-5-6-13(12-24)20-23-16-7-3-4-8-17(16)28-20/h3-4,7-8,10-11,13H,5-6,9,12H2,1-2H3. The summed E-state index contributed by atoms with van der Waals surface area (Å²) in [6, 6.07) is 11.0. The van der Waals surface area contributed by atoms with Crippen molar-refractivity contribution in [1.82, 2.24) is 9.88 Å². The summed E-state index contributed by atoms with van der Waals surface area (Å²) in [4.78, 5) is 19.5. The largest absolute Gasteiger partial charge is 0.493 e. The predicted octanol–water partition coefficient (Wildman–Crippen LogP) is 4.52. The van der Waals surface area contributed by atoms with Crippen LogP contribution in [0.15, 0.2) is 40.8 Å². The summed E-state index contributed by atoms with van der Waals surface area (Å²) in [5.74, 6) is 1.52. The monoisotopic (exact) mass is 400 g/mol. The van der Waals surface area contributed by atoms with E-state index in [4.69, 9.17) is 25.5 Å².